The third kappa shape index (κ3) is 3.75. The van der Waals surface area contributed by atoms with Crippen LogP contribution in [-0.2, 0) is 16.0 Å². The first-order chi connectivity index (χ1) is 9.97. The molecule has 1 heterocycles. The standard InChI is InChI=1S/C15H19N3O3/c1-9(2)21-14(19)13(18-15(16)20)7-10-8-17-12-6-4-3-5-11(10)12/h3-6,8-9,13,17H,7H2,1-2H3,(H3,16,18,20). The van der Waals surface area contributed by atoms with E-state index in [9.17, 15) is 9.59 Å². The summed E-state index contributed by atoms with van der Waals surface area (Å²) in [5.74, 6) is -0.492. The van der Waals surface area contributed by atoms with E-state index >= 15 is 0 Å². The zero-order chi connectivity index (χ0) is 15.4. The topological polar surface area (TPSA) is 97.2 Å². The average Bonchev–Trinajstić information content (AvgIpc) is 2.80. The van der Waals surface area contributed by atoms with E-state index in [4.69, 9.17) is 10.5 Å². The maximum Gasteiger partial charge on any atom is 0.329 e. The largest absolute Gasteiger partial charge is 0.461 e. The lowest BCUT2D eigenvalue weighted by molar-refractivity contribution is -0.149. The summed E-state index contributed by atoms with van der Waals surface area (Å²) >= 11 is 0. The first-order valence-electron chi connectivity index (χ1n) is 6.79. The predicted molar refractivity (Wildman–Crippen MR) is 79.7 cm³/mol. The van der Waals surface area contributed by atoms with Crippen LogP contribution in [0.15, 0.2) is 30.5 Å². The van der Waals surface area contributed by atoms with Crippen LogP contribution in [-0.4, -0.2) is 29.1 Å². The van der Waals surface area contributed by atoms with Crippen molar-refractivity contribution in [3.8, 4) is 0 Å². The maximum atomic E-state index is 12.0. The fraction of sp³-hybridized carbons (Fsp3) is 0.333. The molecule has 0 aliphatic heterocycles. The number of para-hydroxylation sites is 1. The number of carbonyl (C=O) groups is 2. The molecule has 1 aromatic carbocycles. The Bertz CT molecular complexity index is 648. The number of carbonyl (C=O) groups excluding carboxylic acids is 2. The van der Waals surface area contributed by atoms with E-state index in [0.29, 0.717) is 6.42 Å². The SMILES string of the molecule is CC(C)OC(=O)C(Cc1c[nH]c2ccccc12)NC(N)=O. The van der Waals surface area contributed by atoms with Crippen molar-refractivity contribution in [3.63, 3.8) is 0 Å². The summed E-state index contributed by atoms with van der Waals surface area (Å²) in [6.07, 6.45) is 1.89. The van der Waals surface area contributed by atoms with E-state index in [2.05, 4.69) is 10.3 Å². The lowest BCUT2D eigenvalue weighted by atomic mass is 10.1. The van der Waals surface area contributed by atoms with Gasteiger partial charge in [-0.05, 0) is 25.5 Å². The number of primary amides is 1. The number of H-pyrrole nitrogens is 1. The van der Waals surface area contributed by atoms with Crippen molar-refractivity contribution in [2.24, 2.45) is 5.73 Å². The van der Waals surface area contributed by atoms with Gasteiger partial charge in [-0.15, -0.1) is 0 Å². The van der Waals surface area contributed by atoms with Gasteiger partial charge in [-0.2, -0.15) is 0 Å². The van der Waals surface area contributed by atoms with Crippen LogP contribution >= 0.6 is 0 Å². The maximum absolute atomic E-state index is 12.0. The van der Waals surface area contributed by atoms with Gasteiger partial charge >= 0.3 is 12.0 Å². The van der Waals surface area contributed by atoms with Gasteiger partial charge in [0.05, 0.1) is 6.10 Å². The molecule has 0 bridgehead atoms. The number of aromatic amines is 1. The molecule has 2 amide bonds. The van der Waals surface area contributed by atoms with E-state index in [1.54, 1.807) is 13.8 Å². The summed E-state index contributed by atoms with van der Waals surface area (Å²) in [5.41, 5.74) is 7.03. The fourth-order valence-electron chi connectivity index (χ4n) is 2.20. The molecule has 0 saturated heterocycles. The van der Waals surface area contributed by atoms with Crippen molar-refractivity contribution in [1.29, 1.82) is 0 Å². The molecule has 112 valence electrons. The first kappa shape index (κ1) is 14.9. The summed E-state index contributed by atoms with van der Waals surface area (Å²) in [4.78, 5) is 26.3. The minimum absolute atomic E-state index is 0.252. The second-order valence-corrected chi connectivity index (χ2v) is 5.11. The lowest BCUT2D eigenvalue weighted by Gasteiger charge is -2.17. The Morgan fingerprint density at radius 3 is 2.71 bits per heavy atom. The number of nitrogens with one attached hydrogen (secondary N) is 2. The molecule has 1 atom stereocenters. The number of benzene rings is 1. The number of amides is 2. The van der Waals surface area contributed by atoms with Crippen LogP contribution in [0.4, 0.5) is 4.79 Å². The van der Waals surface area contributed by atoms with Gasteiger partial charge in [0, 0.05) is 23.5 Å². The molecule has 21 heavy (non-hydrogen) atoms. The second kappa shape index (κ2) is 6.30. The quantitative estimate of drug-likeness (QED) is 0.731. The van der Waals surface area contributed by atoms with Crippen molar-refractivity contribution in [2.45, 2.75) is 32.4 Å². The van der Waals surface area contributed by atoms with Gasteiger partial charge in [-0.3, -0.25) is 0 Å². The molecule has 6 heteroatoms. The van der Waals surface area contributed by atoms with Crippen molar-refractivity contribution < 1.29 is 14.3 Å². The summed E-state index contributed by atoms with van der Waals surface area (Å²) in [6, 6.07) is 6.19. The van der Waals surface area contributed by atoms with Gasteiger partial charge in [-0.1, -0.05) is 18.2 Å². The molecule has 1 unspecified atom stereocenters. The Hall–Kier alpha value is -2.50. The third-order valence-electron chi connectivity index (χ3n) is 3.05. The van der Waals surface area contributed by atoms with Crippen molar-refractivity contribution in [3.05, 3.63) is 36.0 Å². The molecule has 2 rings (SSSR count). The summed E-state index contributed by atoms with van der Waals surface area (Å²) < 4.78 is 5.15. The highest BCUT2D eigenvalue weighted by atomic mass is 16.5. The molecule has 0 saturated carbocycles. The highest BCUT2D eigenvalue weighted by Gasteiger charge is 2.23. The predicted octanol–water partition coefficient (Wildman–Crippen LogP) is 1.70. The molecule has 4 N–H and O–H groups in total. The molecule has 0 fully saturated rings. The number of ether oxygens (including phenoxy) is 1. The Balaban J connectivity index is 2.21. The van der Waals surface area contributed by atoms with E-state index in [0.717, 1.165) is 16.5 Å². The highest BCUT2D eigenvalue weighted by Crippen LogP contribution is 2.19. The number of urea groups is 1. The Labute approximate surface area is 122 Å². The van der Waals surface area contributed by atoms with Crippen LogP contribution in [0.5, 0.6) is 0 Å². The van der Waals surface area contributed by atoms with Gasteiger partial charge < -0.3 is 20.8 Å². The number of rotatable bonds is 5. The second-order valence-electron chi connectivity index (χ2n) is 5.11. The fourth-order valence-corrected chi connectivity index (χ4v) is 2.20. The first-order valence-corrected chi connectivity index (χ1v) is 6.79. The van der Waals surface area contributed by atoms with Gasteiger partial charge in [-0.25, -0.2) is 9.59 Å². The number of fused-ring (bicyclic) bond motifs is 1. The lowest BCUT2D eigenvalue weighted by Crippen LogP contribution is -2.46. The van der Waals surface area contributed by atoms with Gasteiger partial charge in [0.15, 0.2) is 0 Å². The Morgan fingerprint density at radius 2 is 2.05 bits per heavy atom. The van der Waals surface area contributed by atoms with Crippen LogP contribution < -0.4 is 11.1 Å². The Morgan fingerprint density at radius 1 is 1.33 bits per heavy atom. The summed E-state index contributed by atoms with van der Waals surface area (Å²) in [5, 5.41) is 3.44. The smallest absolute Gasteiger partial charge is 0.329 e. The van der Waals surface area contributed by atoms with Crippen LogP contribution in [0.3, 0.4) is 0 Å². The number of nitrogens with two attached hydrogens (primary N) is 1. The average molecular weight is 289 g/mol. The van der Waals surface area contributed by atoms with Crippen LogP contribution in [0.25, 0.3) is 10.9 Å². The Kier molecular flexibility index (Phi) is 4.47. The number of esters is 1. The molecular formula is C15H19N3O3. The minimum Gasteiger partial charge on any atom is -0.461 e. The molecule has 0 aliphatic rings. The number of hydrogen-bond donors (Lipinski definition) is 3. The van der Waals surface area contributed by atoms with Gasteiger partial charge in [0.2, 0.25) is 0 Å². The molecule has 2 aromatic rings. The monoisotopic (exact) mass is 289 g/mol. The van der Waals surface area contributed by atoms with E-state index in [1.165, 1.54) is 0 Å². The van der Waals surface area contributed by atoms with Crippen molar-refractivity contribution in [2.75, 3.05) is 0 Å². The normalized spacial score (nSPS) is 12.3. The van der Waals surface area contributed by atoms with Gasteiger partial charge in [0.25, 0.3) is 0 Å². The number of aromatic nitrogens is 1. The molecule has 0 radical (unpaired) electrons. The van der Waals surface area contributed by atoms with Crippen molar-refractivity contribution in [1.82, 2.24) is 10.3 Å². The zero-order valence-corrected chi connectivity index (χ0v) is 12.1. The third-order valence-corrected chi connectivity index (χ3v) is 3.05. The summed E-state index contributed by atoms with van der Waals surface area (Å²) in [6.45, 7) is 3.51. The molecule has 0 aliphatic carbocycles. The van der Waals surface area contributed by atoms with Crippen LogP contribution in [0.1, 0.15) is 19.4 Å². The molecular weight excluding hydrogens is 270 g/mol. The van der Waals surface area contributed by atoms with Gasteiger partial charge in [0.1, 0.15) is 6.04 Å². The van der Waals surface area contributed by atoms with Crippen LogP contribution in [0, 0.1) is 0 Å². The highest BCUT2D eigenvalue weighted by molar-refractivity contribution is 5.86. The van der Waals surface area contributed by atoms with Crippen LogP contribution in [0.2, 0.25) is 0 Å². The molecule has 0 spiro atoms. The zero-order valence-electron chi connectivity index (χ0n) is 12.1. The number of hydrogen-bond acceptors (Lipinski definition) is 3. The minimum atomic E-state index is -0.802. The van der Waals surface area contributed by atoms with E-state index in [1.807, 2.05) is 30.5 Å². The van der Waals surface area contributed by atoms with E-state index < -0.39 is 18.0 Å². The molecule has 1 aromatic heterocycles. The summed E-state index contributed by atoms with van der Waals surface area (Å²) in [7, 11) is 0. The van der Waals surface area contributed by atoms with Crippen molar-refractivity contribution >= 4 is 22.9 Å². The molecule has 6 nitrogen and oxygen atoms in total. The van der Waals surface area contributed by atoms with E-state index in [-0.39, 0.29) is 6.10 Å².